The van der Waals surface area contributed by atoms with Gasteiger partial charge in [-0.15, -0.1) is 0 Å². The van der Waals surface area contributed by atoms with E-state index >= 15 is 0 Å². The zero-order valence-electron chi connectivity index (χ0n) is 52.4. The highest BCUT2D eigenvalue weighted by Crippen LogP contribution is 2.16. The van der Waals surface area contributed by atoms with Crippen LogP contribution in [0.25, 0.3) is 0 Å². The van der Waals surface area contributed by atoms with Crippen molar-refractivity contribution < 1.29 is 78.0 Å². The number of nitrogens with two attached hydrogens (primary N) is 6. The van der Waals surface area contributed by atoms with Gasteiger partial charge in [0.15, 0.2) is 11.9 Å². The van der Waals surface area contributed by atoms with E-state index in [0.29, 0.717) is 24.8 Å². The number of benzene rings is 1. The second-order valence-corrected chi connectivity index (χ2v) is 22.8. The maximum atomic E-state index is 14.6. The Bertz CT molecular complexity index is 2620. The van der Waals surface area contributed by atoms with Crippen LogP contribution in [0.15, 0.2) is 34.3 Å². The Morgan fingerprint density at radius 1 is 0.478 bits per heavy atom. The molecule has 33 nitrogen and oxygen atoms in total. The number of guanidine groups is 2. The molecule has 90 heavy (non-hydrogen) atoms. The van der Waals surface area contributed by atoms with Crippen molar-refractivity contribution in [2.24, 2.45) is 62.1 Å². The van der Waals surface area contributed by atoms with Crippen molar-refractivity contribution in [2.45, 2.75) is 199 Å². The fourth-order valence-corrected chi connectivity index (χ4v) is 8.84. The molecule has 0 aliphatic carbocycles. The number of aromatic hydroxyl groups is 1. The Labute approximate surface area is 523 Å². The number of carbonyl (C=O) groups is 12. The summed E-state index contributed by atoms with van der Waals surface area (Å²) in [5.74, 6) is -14.2. The first-order chi connectivity index (χ1) is 42.2. The van der Waals surface area contributed by atoms with Crippen LogP contribution in [0.3, 0.4) is 0 Å². The average Bonchev–Trinajstić information content (AvgIpc) is 1.76. The minimum Gasteiger partial charge on any atom is -0.508 e. The van der Waals surface area contributed by atoms with E-state index in [9.17, 15) is 78.0 Å². The number of carboxylic acids is 3. The van der Waals surface area contributed by atoms with Gasteiger partial charge in [-0.2, -0.15) is 0 Å². The number of carbonyl (C=O) groups excluding carboxylic acids is 9. The van der Waals surface area contributed by atoms with E-state index in [1.807, 2.05) is 0 Å². The Morgan fingerprint density at radius 3 is 1.37 bits per heavy atom. The molecule has 9 amide bonds. The predicted molar refractivity (Wildman–Crippen MR) is 331 cm³/mol. The molecule has 0 aliphatic rings. The van der Waals surface area contributed by atoms with Crippen LogP contribution in [-0.4, -0.2) is 183 Å². The number of amides is 9. The molecule has 0 saturated heterocycles. The van der Waals surface area contributed by atoms with Crippen LogP contribution in [-0.2, 0) is 64.0 Å². The fraction of sp³-hybridized carbons (Fsp3) is 0.649. The molecule has 0 saturated carbocycles. The lowest BCUT2D eigenvalue weighted by atomic mass is 9.96. The normalized spacial score (nSPS) is 14.7. The van der Waals surface area contributed by atoms with Crippen LogP contribution >= 0.6 is 0 Å². The number of aliphatic imine (C=N–C) groups is 2. The molecule has 0 bridgehead atoms. The third-order valence-electron chi connectivity index (χ3n) is 14.0. The number of phenols is 1. The van der Waals surface area contributed by atoms with Crippen LogP contribution in [0.4, 0.5) is 0 Å². The Balaban J connectivity index is 3.66. The summed E-state index contributed by atoms with van der Waals surface area (Å²) in [5, 5.41) is 61.4. The van der Waals surface area contributed by atoms with Crippen molar-refractivity contribution in [2.75, 3.05) is 19.6 Å². The zero-order valence-corrected chi connectivity index (χ0v) is 52.4. The molecule has 0 aliphatic heterocycles. The van der Waals surface area contributed by atoms with Crippen molar-refractivity contribution in [1.82, 2.24) is 47.9 Å². The predicted octanol–water partition coefficient (Wildman–Crippen LogP) is -3.56. The first kappa shape index (κ1) is 79.1. The molecular weight excluding hydrogens is 1180 g/mol. The van der Waals surface area contributed by atoms with Gasteiger partial charge in [-0.05, 0) is 113 Å². The lowest BCUT2D eigenvalue weighted by Gasteiger charge is -2.29. The van der Waals surface area contributed by atoms with E-state index in [2.05, 4.69) is 57.8 Å². The van der Waals surface area contributed by atoms with Crippen molar-refractivity contribution >= 4 is 83.0 Å². The highest BCUT2D eigenvalue weighted by atomic mass is 16.4. The number of nitrogens with one attached hydrogen (secondary N) is 9. The van der Waals surface area contributed by atoms with Crippen molar-refractivity contribution in [3.63, 3.8) is 0 Å². The van der Waals surface area contributed by atoms with Crippen LogP contribution in [0, 0.1) is 17.8 Å². The molecule has 33 heteroatoms. The number of aliphatic carboxylic acids is 3. The molecule has 506 valence electrons. The Hall–Kier alpha value is -8.88. The minimum absolute atomic E-state index is 0.00832. The Morgan fingerprint density at radius 2 is 0.900 bits per heavy atom. The SMILES string of the molecule is CC[C@H](C)[C@H](NC(=O)[C@@H](N)CCCN=C(N)N)C(=O)N[C@@H](CC(C)C)C(=O)N[C@@H](C)C(=O)N[C@@H](CCC(=O)O)C(=O)N[C@@H](CCCN=C(N)N)C(=O)N[C@@H](Cc1ccc(O)cc1)C(=O)N[C@@H](CC(C)C)C(=O)N[C@@H](CCCCN)C(=O)N[C@@H](CC(=O)O)C(=O)O. The van der Waals surface area contributed by atoms with Crippen LogP contribution in [0.1, 0.15) is 138 Å². The number of unbranched alkanes of at least 4 members (excludes halogenated alkanes) is 1. The van der Waals surface area contributed by atoms with Gasteiger partial charge in [0.2, 0.25) is 53.2 Å². The molecule has 25 N–H and O–H groups in total. The summed E-state index contributed by atoms with van der Waals surface area (Å²) in [6.45, 7) is 12.1. The van der Waals surface area contributed by atoms with E-state index in [1.165, 1.54) is 31.2 Å². The molecule has 1 aromatic carbocycles. The van der Waals surface area contributed by atoms with Crippen molar-refractivity contribution in [1.29, 1.82) is 0 Å². The second kappa shape index (κ2) is 41.4. The van der Waals surface area contributed by atoms with E-state index in [-0.39, 0.29) is 101 Å². The van der Waals surface area contributed by atoms with Crippen molar-refractivity contribution in [3.8, 4) is 5.75 Å². The highest BCUT2D eigenvalue weighted by molar-refractivity contribution is 5.99. The largest absolute Gasteiger partial charge is 0.508 e. The maximum absolute atomic E-state index is 14.6. The second-order valence-electron chi connectivity index (χ2n) is 22.8. The van der Waals surface area contributed by atoms with E-state index in [1.54, 1.807) is 41.5 Å². The number of hydrogen-bond acceptors (Lipinski definition) is 17. The average molecular weight is 1280 g/mol. The van der Waals surface area contributed by atoms with Gasteiger partial charge in [0, 0.05) is 25.9 Å². The van der Waals surface area contributed by atoms with Gasteiger partial charge < -0.3 is 103 Å². The van der Waals surface area contributed by atoms with E-state index in [4.69, 9.17) is 34.4 Å². The molecule has 1 rings (SSSR count). The zero-order chi connectivity index (χ0) is 68.4. The molecule has 0 radical (unpaired) electrons. The Kier molecular flexibility index (Phi) is 36.4. The van der Waals surface area contributed by atoms with Gasteiger partial charge in [-0.25, -0.2) is 4.79 Å². The summed E-state index contributed by atoms with van der Waals surface area (Å²) >= 11 is 0. The number of rotatable bonds is 44. The highest BCUT2D eigenvalue weighted by Gasteiger charge is 2.37. The number of carboxylic acid groups (broad SMARTS) is 3. The topological polar surface area (TPSA) is 575 Å². The quantitative estimate of drug-likeness (QED) is 0.0171. The van der Waals surface area contributed by atoms with Gasteiger partial charge in [0.25, 0.3) is 0 Å². The lowest BCUT2D eigenvalue weighted by Crippen LogP contribution is -2.61. The molecule has 0 unspecified atom stereocenters. The third-order valence-corrected chi connectivity index (χ3v) is 14.0. The summed E-state index contributed by atoms with van der Waals surface area (Å²) < 4.78 is 0. The summed E-state index contributed by atoms with van der Waals surface area (Å²) in [6.07, 6.45) is -1.19. The molecule has 11 atom stereocenters. The molecule has 0 heterocycles. The number of nitrogens with zero attached hydrogens (tertiary/aromatic N) is 2. The smallest absolute Gasteiger partial charge is 0.326 e. The molecule has 0 spiro atoms. The first-order valence-electron chi connectivity index (χ1n) is 29.9. The summed E-state index contributed by atoms with van der Waals surface area (Å²) in [4.78, 5) is 169. The van der Waals surface area contributed by atoms with Gasteiger partial charge in [-0.3, -0.25) is 62.7 Å². The first-order valence-corrected chi connectivity index (χ1v) is 29.9. The monoisotopic (exact) mass is 1280 g/mol. The molecular formula is C57H97N17O16. The van der Waals surface area contributed by atoms with E-state index in [0.717, 1.165) is 0 Å². The van der Waals surface area contributed by atoms with E-state index < -0.39 is 157 Å². The maximum Gasteiger partial charge on any atom is 0.326 e. The lowest BCUT2D eigenvalue weighted by molar-refractivity contribution is -0.147. The molecule has 1 aromatic rings. The molecule has 0 aromatic heterocycles. The summed E-state index contributed by atoms with van der Waals surface area (Å²) in [6, 6.07) is -8.94. The van der Waals surface area contributed by atoms with Crippen molar-refractivity contribution in [3.05, 3.63) is 29.8 Å². The third kappa shape index (κ3) is 31.9. The van der Waals surface area contributed by atoms with Gasteiger partial charge in [-0.1, -0.05) is 60.1 Å². The number of hydrogen-bond donors (Lipinski definition) is 19. The van der Waals surface area contributed by atoms with Crippen LogP contribution in [0.5, 0.6) is 5.75 Å². The standard InChI is InChI=1S/C57H97N17O16/c1-8-31(6)45(74-47(81)35(59)13-11-23-64-56(60)61)54(88)72-39(25-29(2)3)51(85)66-32(7)46(80)67-38(20-21-43(76)77)50(84)68-37(15-12-24-65-57(62)63)48(82)71-41(27-33-16-18-34(75)19-17-33)53(87)70-40(26-30(4)5)52(86)69-36(14-9-10-22-58)49(83)73-42(55(89)90)28-44(78)79/h16-19,29-32,35-42,45,75H,8-15,20-28,58-59H2,1-7H3,(H,66,85)(H,67,80)(H,68,84)(H,69,86)(H,70,87)(H,71,82)(H,72,88)(H,73,83)(H,74,81)(H,76,77)(H,78,79)(H,89,90)(H4,60,61,64)(H4,62,63,65)/t31-,32-,35-,36-,37-,38-,39-,40-,41-,42-,45-/m0/s1. The minimum atomic E-state index is -1.86. The summed E-state index contributed by atoms with van der Waals surface area (Å²) in [7, 11) is 0. The summed E-state index contributed by atoms with van der Waals surface area (Å²) in [5.41, 5.74) is 33.9. The van der Waals surface area contributed by atoms with Gasteiger partial charge >= 0.3 is 17.9 Å². The molecule has 0 fully saturated rings. The number of phenolic OH excluding ortho intramolecular Hbond substituents is 1. The van der Waals surface area contributed by atoms with Gasteiger partial charge in [0.05, 0.1) is 12.5 Å². The van der Waals surface area contributed by atoms with Crippen LogP contribution in [0.2, 0.25) is 0 Å². The van der Waals surface area contributed by atoms with Gasteiger partial charge in [0.1, 0.15) is 60.1 Å². The van der Waals surface area contributed by atoms with Crippen LogP contribution < -0.4 is 82.3 Å². The fourth-order valence-electron chi connectivity index (χ4n) is 8.84.